The van der Waals surface area contributed by atoms with Crippen molar-refractivity contribution in [1.29, 1.82) is 0 Å². The summed E-state index contributed by atoms with van der Waals surface area (Å²) in [5, 5.41) is 0. The van der Waals surface area contributed by atoms with Crippen LogP contribution in [0.15, 0.2) is 18.3 Å². The molecule has 1 fully saturated rings. The Kier molecular flexibility index (Phi) is 4.53. The third-order valence-corrected chi connectivity index (χ3v) is 3.94. The normalized spacial score (nSPS) is 23.1. The van der Waals surface area contributed by atoms with Crippen LogP contribution in [0.2, 0.25) is 0 Å². The van der Waals surface area contributed by atoms with Gasteiger partial charge >= 0.3 is 0 Å². The van der Waals surface area contributed by atoms with Crippen LogP contribution in [0.1, 0.15) is 48.7 Å². The van der Waals surface area contributed by atoms with Crippen molar-refractivity contribution in [2.24, 2.45) is 5.73 Å². The second-order valence-corrected chi connectivity index (χ2v) is 5.35. The molecule has 0 aromatic carbocycles. The van der Waals surface area contributed by atoms with Crippen LogP contribution in [0, 0.1) is 6.92 Å². The molecule has 1 aromatic rings. The topological polar surface area (TPSA) is 59.2 Å². The van der Waals surface area contributed by atoms with Crippen LogP contribution in [-0.4, -0.2) is 34.4 Å². The number of aryl methyl sites for hydroxylation is 1. The average molecular weight is 261 g/mol. The molecule has 0 radical (unpaired) electrons. The van der Waals surface area contributed by atoms with Crippen LogP contribution in [0.25, 0.3) is 0 Å². The van der Waals surface area contributed by atoms with Crippen LogP contribution in [0.3, 0.4) is 0 Å². The van der Waals surface area contributed by atoms with E-state index >= 15 is 0 Å². The van der Waals surface area contributed by atoms with Crippen LogP contribution in [0.5, 0.6) is 0 Å². The van der Waals surface area contributed by atoms with Crippen LogP contribution < -0.4 is 5.73 Å². The van der Waals surface area contributed by atoms with Crippen LogP contribution in [-0.2, 0) is 0 Å². The Bertz CT molecular complexity index is 422. The van der Waals surface area contributed by atoms with Crippen LogP contribution in [0.4, 0.5) is 0 Å². The van der Waals surface area contributed by atoms with Crippen molar-refractivity contribution in [3.05, 3.63) is 29.6 Å². The van der Waals surface area contributed by atoms with Gasteiger partial charge < -0.3 is 10.6 Å². The van der Waals surface area contributed by atoms with Gasteiger partial charge in [-0.25, -0.2) is 0 Å². The maximum Gasteiger partial charge on any atom is 0.255 e. The van der Waals surface area contributed by atoms with Crippen molar-refractivity contribution < 1.29 is 4.79 Å². The molecule has 1 aromatic heterocycles. The molecule has 1 heterocycles. The summed E-state index contributed by atoms with van der Waals surface area (Å²) in [7, 11) is 0. The van der Waals surface area contributed by atoms with E-state index in [1.807, 2.05) is 30.9 Å². The molecule has 1 aliphatic carbocycles. The zero-order valence-corrected chi connectivity index (χ0v) is 11.8. The highest BCUT2D eigenvalue weighted by Gasteiger charge is 2.27. The molecule has 1 aliphatic rings. The molecule has 0 aliphatic heterocycles. The number of carbonyl (C=O) groups is 1. The Hall–Kier alpha value is -1.42. The van der Waals surface area contributed by atoms with Crippen molar-refractivity contribution in [3.8, 4) is 0 Å². The SMILES string of the molecule is CCN(C(=O)c1ccc(C)nc1)C1CCC(N)CC1. The predicted molar refractivity (Wildman–Crippen MR) is 75.9 cm³/mol. The second-order valence-electron chi connectivity index (χ2n) is 5.35. The van der Waals surface area contributed by atoms with E-state index in [1.54, 1.807) is 6.20 Å². The molecular weight excluding hydrogens is 238 g/mol. The molecule has 104 valence electrons. The van der Waals surface area contributed by atoms with Gasteiger partial charge in [0.05, 0.1) is 5.56 Å². The lowest BCUT2D eigenvalue weighted by atomic mass is 9.90. The van der Waals surface area contributed by atoms with Gasteiger partial charge in [-0.05, 0) is 51.7 Å². The van der Waals surface area contributed by atoms with Gasteiger partial charge in [0.25, 0.3) is 5.91 Å². The van der Waals surface area contributed by atoms with Crippen molar-refractivity contribution >= 4 is 5.91 Å². The third-order valence-electron chi connectivity index (χ3n) is 3.94. The zero-order valence-electron chi connectivity index (χ0n) is 11.8. The van der Waals surface area contributed by atoms with Crippen molar-refractivity contribution in [1.82, 2.24) is 9.88 Å². The Morgan fingerprint density at radius 3 is 2.58 bits per heavy atom. The van der Waals surface area contributed by atoms with E-state index in [4.69, 9.17) is 5.73 Å². The number of pyridine rings is 1. The number of hydrogen-bond donors (Lipinski definition) is 1. The minimum absolute atomic E-state index is 0.0930. The van der Waals surface area contributed by atoms with Gasteiger partial charge in [0.15, 0.2) is 0 Å². The van der Waals surface area contributed by atoms with E-state index in [2.05, 4.69) is 4.98 Å². The molecule has 0 saturated heterocycles. The molecule has 4 heteroatoms. The Morgan fingerprint density at radius 1 is 1.37 bits per heavy atom. The summed E-state index contributed by atoms with van der Waals surface area (Å²) in [6.45, 7) is 4.70. The number of nitrogens with zero attached hydrogens (tertiary/aromatic N) is 2. The van der Waals surface area contributed by atoms with E-state index in [1.165, 1.54) is 0 Å². The Balaban J connectivity index is 2.08. The van der Waals surface area contributed by atoms with Gasteiger partial charge in [-0.2, -0.15) is 0 Å². The summed E-state index contributed by atoms with van der Waals surface area (Å²) in [6.07, 6.45) is 5.73. The van der Waals surface area contributed by atoms with Crippen LogP contribution >= 0.6 is 0 Å². The van der Waals surface area contributed by atoms with Crippen molar-refractivity contribution in [2.45, 2.75) is 51.6 Å². The van der Waals surface area contributed by atoms with Gasteiger partial charge in [0, 0.05) is 30.5 Å². The molecule has 19 heavy (non-hydrogen) atoms. The van der Waals surface area contributed by atoms with Gasteiger partial charge in [0.1, 0.15) is 0 Å². The Labute approximate surface area is 115 Å². The van der Waals surface area contributed by atoms with E-state index < -0.39 is 0 Å². The molecule has 2 rings (SSSR count). The number of amides is 1. The first-order chi connectivity index (χ1) is 9.11. The lowest BCUT2D eigenvalue weighted by Crippen LogP contribution is -2.44. The smallest absolute Gasteiger partial charge is 0.255 e. The molecule has 0 spiro atoms. The fraction of sp³-hybridized carbons (Fsp3) is 0.600. The number of hydrogen-bond acceptors (Lipinski definition) is 3. The van der Waals surface area contributed by atoms with E-state index in [0.717, 1.165) is 37.9 Å². The highest BCUT2D eigenvalue weighted by atomic mass is 16.2. The third kappa shape index (κ3) is 3.32. The summed E-state index contributed by atoms with van der Waals surface area (Å²) in [4.78, 5) is 18.7. The van der Waals surface area contributed by atoms with Gasteiger partial charge in [-0.15, -0.1) is 0 Å². The number of nitrogens with two attached hydrogens (primary N) is 1. The molecule has 0 atom stereocenters. The fourth-order valence-corrected chi connectivity index (χ4v) is 2.74. The standard InChI is InChI=1S/C15H23N3O/c1-3-18(14-8-6-13(16)7-9-14)15(19)12-5-4-11(2)17-10-12/h4-5,10,13-14H,3,6-9,16H2,1-2H3. The second kappa shape index (κ2) is 6.15. The summed E-state index contributed by atoms with van der Waals surface area (Å²) in [5.74, 6) is 0.0930. The van der Waals surface area contributed by atoms with Gasteiger partial charge in [0.2, 0.25) is 0 Å². The fourth-order valence-electron chi connectivity index (χ4n) is 2.74. The summed E-state index contributed by atoms with van der Waals surface area (Å²) >= 11 is 0. The van der Waals surface area contributed by atoms with Gasteiger partial charge in [-0.3, -0.25) is 9.78 Å². The molecule has 0 unspecified atom stereocenters. The van der Waals surface area contributed by atoms with Gasteiger partial charge in [-0.1, -0.05) is 0 Å². The van der Waals surface area contributed by atoms with Crippen molar-refractivity contribution in [3.63, 3.8) is 0 Å². The van der Waals surface area contributed by atoms with E-state index in [9.17, 15) is 4.79 Å². The summed E-state index contributed by atoms with van der Waals surface area (Å²) < 4.78 is 0. The lowest BCUT2D eigenvalue weighted by Gasteiger charge is -2.35. The molecule has 2 N–H and O–H groups in total. The predicted octanol–water partition coefficient (Wildman–Crippen LogP) is 2.12. The summed E-state index contributed by atoms with van der Waals surface area (Å²) in [5.41, 5.74) is 7.55. The first-order valence-electron chi connectivity index (χ1n) is 7.11. The summed E-state index contributed by atoms with van der Waals surface area (Å²) in [6, 6.07) is 4.39. The maximum absolute atomic E-state index is 12.5. The first kappa shape index (κ1) is 14.0. The molecule has 0 bridgehead atoms. The number of aromatic nitrogens is 1. The largest absolute Gasteiger partial charge is 0.336 e. The number of carbonyl (C=O) groups excluding carboxylic acids is 1. The van der Waals surface area contributed by atoms with Crippen molar-refractivity contribution in [2.75, 3.05) is 6.54 Å². The molecular formula is C15H23N3O. The molecule has 4 nitrogen and oxygen atoms in total. The average Bonchev–Trinajstić information content (AvgIpc) is 2.42. The monoisotopic (exact) mass is 261 g/mol. The zero-order chi connectivity index (χ0) is 13.8. The number of rotatable bonds is 3. The Morgan fingerprint density at radius 2 is 2.05 bits per heavy atom. The lowest BCUT2D eigenvalue weighted by molar-refractivity contribution is 0.0640. The molecule has 1 amide bonds. The minimum atomic E-state index is 0.0930. The quantitative estimate of drug-likeness (QED) is 0.906. The van der Waals surface area contributed by atoms with E-state index in [-0.39, 0.29) is 5.91 Å². The molecule has 1 saturated carbocycles. The highest BCUT2D eigenvalue weighted by Crippen LogP contribution is 2.23. The highest BCUT2D eigenvalue weighted by molar-refractivity contribution is 5.94. The minimum Gasteiger partial charge on any atom is -0.336 e. The first-order valence-corrected chi connectivity index (χ1v) is 7.11. The van der Waals surface area contributed by atoms with E-state index in [0.29, 0.717) is 17.6 Å². The maximum atomic E-state index is 12.5.